The second-order valence-corrected chi connectivity index (χ2v) is 6.02. The average Bonchev–Trinajstić information content (AvgIpc) is 2.35. The van der Waals surface area contributed by atoms with Crippen LogP contribution in [0.5, 0.6) is 0 Å². The van der Waals surface area contributed by atoms with Crippen molar-refractivity contribution in [1.29, 1.82) is 0 Å². The van der Waals surface area contributed by atoms with Gasteiger partial charge in [-0.3, -0.25) is 0 Å². The SMILES string of the molecule is CCC(CC)(CBr)CN1CCCC(C(F)(F)F)C1. The van der Waals surface area contributed by atoms with Crippen molar-refractivity contribution in [3.05, 3.63) is 0 Å². The molecule has 0 radical (unpaired) electrons. The summed E-state index contributed by atoms with van der Waals surface area (Å²) in [4.78, 5) is 2.01. The van der Waals surface area contributed by atoms with Gasteiger partial charge >= 0.3 is 6.18 Å². The van der Waals surface area contributed by atoms with E-state index < -0.39 is 12.1 Å². The molecule has 1 heterocycles. The molecule has 0 N–H and O–H groups in total. The zero-order valence-electron chi connectivity index (χ0n) is 11.2. The van der Waals surface area contributed by atoms with Crippen LogP contribution in [0.15, 0.2) is 0 Å². The van der Waals surface area contributed by atoms with Crippen molar-refractivity contribution in [2.24, 2.45) is 11.3 Å². The third-order valence-electron chi connectivity index (χ3n) is 4.31. The Kier molecular flexibility index (Phi) is 5.97. The lowest BCUT2D eigenvalue weighted by Crippen LogP contribution is -2.46. The maximum atomic E-state index is 12.8. The number of hydrogen-bond donors (Lipinski definition) is 0. The van der Waals surface area contributed by atoms with Crippen molar-refractivity contribution in [3.63, 3.8) is 0 Å². The van der Waals surface area contributed by atoms with Gasteiger partial charge in [-0.15, -0.1) is 0 Å². The highest BCUT2D eigenvalue weighted by Crippen LogP contribution is 2.36. The number of piperidine rings is 1. The maximum Gasteiger partial charge on any atom is 0.393 e. The largest absolute Gasteiger partial charge is 0.393 e. The molecule has 0 spiro atoms. The van der Waals surface area contributed by atoms with E-state index in [1.807, 2.05) is 4.90 Å². The van der Waals surface area contributed by atoms with Gasteiger partial charge in [0.05, 0.1) is 5.92 Å². The first-order valence-electron chi connectivity index (χ1n) is 6.72. The first kappa shape index (κ1) is 16.3. The van der Waals surface area contributed by atoms with Gasteiger partial charge in [0.25, 0.3) is 0 Å². The Hall–Kier alpha value is 0.230. The molecule has 1 aliphatic heterocycles. The van der Waals surface area contributed by atoms with Crippen LogP contribution in [0.4, 0.5) is 13.2 Å². The van der Waals surface area contributed by atoms with Gasteiger partial charge in [-0.1, -0.05) is 29.8 Å². The van der Waals surface area contributed by atoms with Crippen molar-refractivity contribution in [1.82, 2.24) is 4.90 Å². The Morgan fingerprint density at radius 2 is 1.83 bits per heavy atom. The van der Waals surface area contributed by atoms with Gasteiger partial charge in [-0.05, 0) is 37.6 Å². The summed E-state index contributed by atoms with van der Waals surface area (Å²) in [7, 11) is 0. The first-order chi connectivity index (χ1) is 8.37. The molecule has 5 heteroatoms. The van der Waals surface area contributed by atoms with Crippen LogP contribution in [0.2, 0.25) is 0 Å². The van der Waals surface area contributed by atoms with E-state index in [2.05, 4.69) is 29.8 Å². The molecule has 1 unspecified atom stereocenters. The molecule has 1 fully saturated rings. The second kappa shape index (κ2) is 6.60. The van der Waals surface area contributed by atoms with Crippen LogP contribution in [0, 0.1) is 11.3 Å². The Morgan fingerprint density at radius 3 is 2.28 bits per heavy atom. The van der Waals surface area contributed by atoms with Gasteiger partial charge in [-0.2, -0.15) is 13.2 Å². The summed E-state index contributed by atoms with van der Waals surface area (Å²) in [5.74, 6) is -1.13. The molecule has 1 saturated heterocycles. The summed E-state index contributed by atoms with van der Waals surface area (Å²) in [6, 6.07) is 0. The second-order valence-electron chi connectivity index (χ2n) is 5.46. The molecule has 0 amide bonds. The van der Waals surface area contributed by atoms with Crippen molar-refractivity contribution in [3.8, 4) is 0 Å². The van der Waals surface area contributed by atoms with Crippen LogP contribution < -0.4 is 0 Å². The predicted molar refractivity (Wildman–Crippen MR) is 72.0 cm³/mol. The fourth-order valence-corrected chi connectivity index (χ4v) is 3.62. The van der Waals surface area contributed by atoms with Gasteiger partial charge in [0.2, 0.25) is 0 Å². The Labute approximate surface area is 116 Å². The lowest BCUT2D eigenvalue weighted by atomic mass is 9.83. The van der Waals surface area contributed by atoms with Gasteiger partial charge in [0.1, 0.15) is 0 Å². The Morgan fingerprint density at radius 1 is 1.22 bits per heavy atom. The van der Waals surface area contributed by atoms with Crippen LogP contribution >= 0.6 is 15.9 Å². The number of likely N-dealkylation sites (tertiary alicyclic amines) is 1. The lowest BCUT2D eigenvalue weighted by Gasteiger charge is -2.40. The van der Waals surface area contributed by atoms with Crippen LogP contribution in [0.25, 0.3) is 0 Å². The van der Waals surface area contributed by atoms with E-state index in [1.165, 1.54) is 0 Å². The summed E-state index contributed by atoms with van der Waals surface area (Å²) in [5.41, 5.74) is 0.119. The number of rotatable bonds is 5. The first-order valence-corrected chi connectivity index (χ1v) is 7.84. The molecule has 0 bridgehead atoms. The average molecular weight is 330 g/mol. The minimum atomic E-state index is -4.03. The Bertz CT molecular complexity index is 243. The third-order valence-corrected chi connectivity index (χ3v) is 5.50. The molecule has 0 aromatic heterocycles. The van der Waals surface area contributed by atoms with E-state index in [9.17, 15) is 13.2 Å². The van der Waals surface area contributed by atoms with Crippen molar-refractivity contribution >= 4 is 15.9 Å². The molecular formula is C13H23BrF3N. The quantitative estimate of drug-likeness (QED) is 0.673. The lowest BCUT2D eigenvalue weighted by molar-refractivity contribution is -0.187. The van der Waals surface area contributed by atoms with E-state index in [0.29, 0.717) is 12.8 Å². The smallest absolute Gasteiger partial charge is 0.302 e. The standard InChI is InChI=1S/C13H23BrF3N/c1-3-12(4-2,9-14)10-18-7-5-6-11(8-18)13(15,16)17/h11H,3-10H2,1-2H3. The highest BCUT2D eigenvalue weighted by molar-refractivity contribution is 9.09. The monoisotopic (exact) mass is 329 g/mol. The molecule has 1 aliphatic rings. The van der Waals surface area contributed by atoms with Crippen molar-refractivity contribution < 1.29 is 13.2 Å². The molecule has 0 aromatic rings. The van der Waals surface area contributed by atoms with E-state index in [-0.39, 0.29) is 12.0 Å². The minimum Gasteiger partial charge on any atom is -0.302 e. The fraction of sp³-hybridized carbons (Fsp3) is 1.00. The minimum absolute atomic E-state index is 0.119. The molecule has 0 aliphatic carbocycles. The van der Waals surface area contributed by atoms with Crippen molar-refractivity contribution in [2.45, 2.75) is 45.7 Å². The number of halogens is 4. The maximum absolute atomic E-state index is 12.8. The number of nitrogens with zero attached hydrogens (tertiary/aromatic N) is 1. The summed E-state index contributed by atoms with van der Waals surface area (Å²) in [6.07, 6.45) is -1.08. The van der Waals surface area contributed by atoms with Crippen molar-refractivity contribution in [2.75, 3.05) is 25.0 Å². The molecule has 1 nitrogen and oxygen atoms in total. The molecule has 1 atom stereocenters. The van der Waals surface area contributed by atoms with E-state index >= 15 is 0 Å². The molecular weight excluding hydrogens is 307 g/mol. The fourth-order valence-electron chi connectivity index (χ4n) is 2.65. The zero-order valence-corrected chi connectivity index (χ0v) is 12.8. The van der Waals surface area contributed by atoms with Gasteiger partial charge in [0.15, 0.2) is 0 Å². The topological polar surface area (TPSA) is 3.24 Å². The Balaban J connectivity index is 2.62. The zero-order chi connectivity index (χ0) is 13.8. The summed E-state index contributed by atoms with van der Waals surface area (Å²) in [5, 5.41) is 0.861. The molecule has 0 saturated carbocycles. The van der Waals surface area contributed by atoms with Crippen LogP contribution in [-0.2, 0) is 0 Å². The third kappa shape index (κ3) is 4.12. The van der Waals surface area contributed by atoms with E-state index in [4.69, 9.17) is 0 Å². The highest BCUT2D eigenvalue weighted by atomic mass is 79.9. The summed E-state index contributed by atoms with van der Waals surface area (Å²) in [6.45, 7) is 6.00. The summed E-state index contributed by atoms with van der Waals surface area (Å²) >= 11 is 3.53. The normalized spacial score (nSPS) is 23.3. The van der Waals surface area contributed by atoms with Crippen LogP contribution in [0.3, 0.4) is 0 Å². The number of hydrogen-bond acceptors (Lipinski definition) is 1. The molecule has 1 rings (SSSR count). The van der Waals surface area contributed by atoms with E-state index in [0.717, 1.165) is 31.3 Å². The van der Waals surface area contributed by atoms with Gasteiger partial charge in [-0.25, -0.2) is 0 Å². The summed E-state index contributed by atoms with van der Waals surface area (Å²) < 4.78 is 38.3. The van der Waals surface area contributed by atoms with Crippen LogP contribution in [0.1, 0.15) is 39.5 Å². The highest BCUT2D eigenvalue weighted by Gasteiger charge is 2.42. The van der Waals surface area contributed by atoms with Gasteiger partial charge < -0.3 is 4.90 Å². The van der Waals surface area contributed by atoms with Gasteiger partial charge in [0, 0.05) is 18.4 Å². The molecule has 0 aromatic carbocycles. The number of alkyl halides is 4. The molecule has 108 valence electrons. The molecule has 18 heavy (non-hydrogen) atoms. The van der Waals surface area contributed by atoms with E-state index in [1.54, 1.807) is 0 Å². The van der Waals surface area contributed by atoms with Crippen LogP contribution in [-0.4, -0.2) is 36.0 Å². The predicted octanol–water partition coefficient (Wildman–Crippen LogP) is 4.46.